The molecule has 2 aliphatic carbocycles. The van der Waals surface area contributed by atoms with E-state index in [-0.39, 0.29) is 0 Å². The summed E-state index contributed by atoms with van der Waals surface area (Å²) in [5.74, 6) is 1.72. The van der Waals surface area contributed by atoms with Gasteiger partial charge in [-0.25, -0.2) is 0 Å². The summed E-state index contributed by atoms with van der Waals surface area (Å²) < 4.78 is 0. The highest BCUT2D eigenvalue weighted by Gasteiger charge is 2.29. The van der Waals surface area contributed by atoms with E-state index < -0.39 is 0 Å². The summed E-state index contributed by atoms with van der Waals surface area (Å²) in [6.07, 6.45) is 13.3. The second-order valence-electron chi connectivity index (χ2n) is 6.28. The molecule has 2 saturated carbocycles. The summed E-state index contributed by atoms with van der Waals surface area (Å²) in [6, 6.07) is 0.529. The first-order valence-corrected chi connectivity index (χ1v) is 8.70. The van der Waals surface area contributed by atoms with Gasteiger partial charge in [-0.3, -0.25) is 4.79 Å². The van der Waals surface area contributed by atoms with Crippen molar-refractivity contribution < 1.29 is 4.79 Å². The lowest BCUT2D eigenvalue weighted by Gasteiger charge is -2.38. The highest BCUT2D eigenvalue weighted by molar-refractivity contribution is 6.17. The number of hydrogen-bond donors (Lipinski definition) is 0. The van der Waals surface area contributed by atoms with Crippen molar-refractivity contribution in [1.29, 1.82) is 0 Å². The normalized spacial score (nSPS) is 21.7. The third-order valence-corrected chi connectivity index (χ3v) is 5.07. The smallest absolute Gasteiger partial charge is 0.223 e. The predicted molar refractivity (Wildman–Crippen MR) is 80.5 cm³/mol. The lowest BCUT2D eigenvalue weighted by atomic mass is 9.89. The predicted octanol–water partition coefficient (Wildman–Crippen LogP) is 4.36. The molecule has 110 valence electrons. The van der Waals surface area contributed by atoms with Crippen LogP contribution in [0.25, 0.3) is 0 Å². The zero-order valence-electron chi connectivity index (χ0n) is 12.1. The Labute approximate surface area is 122 Å². The molecule has 0 bridgehead atoms. The summed E-state index contributed by atoms with van der Waals surface area (Å²) in [4.78, 5) is 14.7. The van der Waals surface area contributed by atoms with Gasteiger partial charge in [-0.2, -0.15) is 0 Å². The highest BCUT2D eigenvalue weighted by Crippen LogP contribution is 2.29. The molecule has 2 fully saturated rings. The minimum atomic E-state index is 0.404. The Hall–Kier alpha value is -0.240. The summed E-state index contributed by atoms with van der Waals surface area (Å²) in [7, 11) is 0. The average Bonchev–Trinajstić information content (AvgIpc) is 2.60. The van der Waals surface area contributed by atoms with Gasteiger partial charge in [-0.1, -0.05) is 25.7 Å². The van der Waals surface area contributed by atoms with Gasteiger partial charge in [-0.05, 0) is 44.4 Å². The number of rotatable bonds is 6. The van der Waals surface area contributed by atoms with Crippen LogP contribution >= 0.6 is 11.6 Å². The van der Waals surface area contributed by atoms with E-state index in [4.69, 9.17) is 11.6 Å². The molecule has 2 aliphatic rings. The van der Waals surface area contributed by atoms with Crippen LogP contribution in [0.15, 0.2) is 0 Å². The fourth-order valence-electron chi connectivity index (χ4n) is 3.37. The Kier molecular flexibility index (Phi) is 6.49. The van der Waals surface area contributed by atoms with Gasteiger partial charge < -0.3 is 4.90 Å². The molecular formula is C16H28ClNO. The van der Waals surface area contributed by atoms with Gasteiger partial charge in [0.25, 0.3) is 0 Å². The Morgan fingerprint density at radius 2 is 1.68 bits per heavy atom. The molecule has 19 heavy (non-hydrogen) atoms. The molecule has 0 radical (unpaired) electrons. The number of alkyl halides is 1. The summed E-state index contributed by atoms with van der Waals surface area (Å²) >= 11 is 5.79. The fourth-order valence-corrected chi connectivity index (χ4v) is 3.49. The van der Waals surface area contributed by atoms with E-state index >= 15 is 0 Å². The highest BCUT2D eigenvalue weighted by atomic mass is 35.5. The Morgan fingerprint density at radius 3 is 2.21 bits per heavy atom. The van der Waals surface area contributed by atoms with Crippen LogP contribution in [-0.4, -0.2) is 29.3 Å². The summed E-state index contributed by atoms with van der Waals surface area (Å²) in [5.41, 5.74) is 0. The first kappa shape index (κ1) is 15.2. The molecule has 0 heterocycles. The van der Waals surface area contributed by atoms with Crippen molar-refractivity contribution in [3.63, 3.8) is 0 Å². The topological polar surface area (TPSA) is 20.3 Å². The molecule has 0 aromatic carbocycles. The molecule has 0 aromatic rings. The summed E-state index contributed by atoms with van der Waals surface area (Å²) in [6.45, 7) is 0.875. The van der Waals surface area contributed by atoms with E-state index in [1.165, 1.54) is 57.8 Å². The molecule has 0 atom stereocenters. The molecule has 2 rings (SSSR count). The van der Waals surface area contributed by atoms with Crippen LogP contribution in [0.1, 0.15) is 70.6 Å². The van der Waals surface area contributed by atoms with Crippen molar-refractivity contribution in [3.05, 3.63) is 0 Å². The Balaban J connectivity index is 1.82. The number of carbonyl (C=O) groups is 1. The minimum absolute atomic E-state index is 0.404. The van der Waals surface area contributed by atoms with Crippen LogP contribution in [0.5, 0.6) is 0 Å². The maximum Gasteiger partial charge on any atom is 0.223 e. The molecule has 2 nitrogen and oxygen atoms in total. The second-order valence-corrected chi connectivity index (χ2v) is 6.65. The molecule has 0 aliphatic heterocycles. The van der Waals surface area contributed by atoms with Crippen LogP contribution in [0.3, 0.4) is 0 Å². The first-order valence-electron chi connectivity index (χ1n) is 8.16. The molecule has 0 unspecified atom stereocenters. The van der Waals surface area contributed by atoms with Gasteiger partial charge >= 0.3 is 0 Å². The number of nitrogens with zero attached hydrogens (tertiary/aromatic N) is 1. The number of hydrogen-bond acceptors (Lipinski definition) is 1. The van der Waals surface area contributed by atoms with Crippen LogP contribution in [-0.2, 0) is 4.79 Å². The quantitative estimate of drug-likeness (QED) is 0.525. The fraction of sp³-hybridized carbons (Fsp3) is 0.938. The van der Waals surface area contributed by atoms with Crippen molar-refractivity contribution in [2.45, 2.75) is 76.7 Å². The van der Waals surface area contributed by atoms with Crippen molar-refractivity contribution >= 4 is 17.5 Å². The van der Waals surface area contributed by atoms with Crippen molar-refractivity contribution in [2.24, 2.45) is 5.92 Å². The number of carbonyl (C=O) groups excluding carboxylic acids is 1. The molecular weight excluding hydrogens is 258 g/mol. The Morgan fingerprint density at radius 1 is 1.00 bits per heavy atom. The first-order chi connectivity index (χ1) is 9.31. The van der Waals surface area contributed by atoms with Gasteiger partial charge in [0.15, 0.2) is 0 Å². The van der Waals surface area contributed by atoms with E-state index in [1.54, 1.807) is 0 Å². The van der Waals surface area contributed by atoms with E-state index in [2.05, 4.69) is 4.90 Å². The van der Waals surface area contributed by atoms with E-state index in [0.717, 1.165) is 19.4 Å². The minimum Gasteiger partial charge on any atom is -0.340 e. The molecule has 0 aromatic heterocycles. The summed E-state index contributed by atoms with van der Waals surface area (Å²) in [5, 5.41) is 0. The molecule has 3 heteroatoms. The van der Waals surface area contributed by atoms with Gasteiger partial charge in [0.1, 0.15) is 0 Å². The van der Waals surface area contributed by atoms with Crippen LogP contribution < -0.4 is 0 Å². The number of amides is 1. The maximum atomic E-state index is 12.5. The molecule has 0 saturated heterocycles. The lowest BCUT2D eigenvalue weighted by molar-refractivity contribution is -0.136. The zero-order chi connectivity index (χ0) is 13.5. The van der Waals surface area contributed by atoms with Gasteiger partial charge in [0, 0.05) is 24.9 Å². The number of halogens is 1. The SMILES string of the molecule is O=C(CC1CCCCCC1)N(CCCCl)C1CCC1. The van der Waals surface area contributed by atoms with Crippen molar-refractivity contribution in [3.8, 4) is 0 Å². The van der Waals surface area contributed by atoms with Crippen LogP contribution in [0.4, 0.5) is 0 Å². The van der Waals surface area contributed by atoms with E-state index in [9.17, 15) is 4.79 Å². The lowest BCUT2D eigenvalue weighted by Crippen LogP contribution is -2.45. The Bertz CT molecular complexity index is 270. The van der Waals surface area contributed by atoms with Crippen molar-refractivity contribution in [2.75, 3.05) is 12.4 Å². The van der Waals surface area contributed by atoms with Gasteiger partial charge in [0.2, 0.25) is 5.91 Å². The third-order valence-electron chi connectivity index (χ3n) is 4.81. The van der Waals surface area contributed by atoms with Gasteiger partial charge in [-0.15, -0.1) is 11.6 Å². The molecule has 1 amide bonds. The molecule has 0 spiro atoms. The zero-order valence-corrected chi connectivity index (χ0v) is 12.8. The van der Waals surface area contributed by atoms with Crippen LogP contribution in [0.2, 0.25) is 0 Å². The van der Waals surface area contributed by atoms with Gasteiger partial charge in [0.05, 0.1) is 0 Å². The molecule has 0 N–H and O–H groups in total. The standard InChI is InChI=1S/C16H28ClNO/c17-11-6-12-18(15-9-5-10-15)16(19)13-14-7-3-1-2-4-8-14/h14-15H,1-13H2. The van der Waals surface area contributed by atoms with Crippen LogP contribution in [0, 0.1) is 5.92 Å². The third kappa shape index (κ3) is 4.66. The van der Waals surface area contributed by atoms with E-state index in [1.807, 2.05) is 0 Å². The average molecular weight is 286 g/mol. The van der Waals surface area contributed by atoms with Crippen molar-refractivity contribution in [1.82, 2.24) is 4.90 Å². The largest absolute Gasteiger partial charge is 0.340 e. The van der Waals surface area contributed by atoms with E-state index in [0.29, 0.717) is 23.7 Å². The maximum absolute atomic E-state index is 12.5. The second kappa shape index (κ2) is 8.14. The monoisotopic (exact) mass is 285 g/mol.